The zero-order chi connectivity index (χ0) is 15.2. The number of carbonyl (C=O) groups is 1. The van der Waals surface area contributed by atoms with Crippen LogP contribution in [0, 0.1) is 0 Å². The van der Waals surface area contributed by atoms with Crippen molar-refractivity contribution in [1.29, 1.82) is 0 Å². The molecule has 4 nitrogen and oxygen atoms in total. The van der Waals surface area contributed by atoms with Crippen LogP contribution in [0.5, 0.6) is 5.75 Å². The maximum absolute atomic E-state index is 11.4. The summed E-state index contributed by atoms with van der Waals surface area (Å²) >= 11 is 3.26. The number of benzene rings is 1. The van der Waals surface area contributed by atoms with Crippen molar-refractivity contribution in [2.75, 3.05) is 6.54 Å². The van der Waals surface area contributed by atoms with Crippen molar-refractivity contribution < 1.29 is 14.6 Å². The zero-order valence-corrected chi connectivity index (χ0v) is 13.5. The number of nitrogens with one attached hydrogen (secondary N) is 1. The molecule has 0 saturated heterocycles. The maximum Gasteiger partial charge on any atom is 0.407 e. The Morgan fingerprint density at radius 3 is 2.75 bits per heavy atom. The van der Waals surface area contributed by atoms with Crippen LogP contribution in [0.1, 0.15) is 32.8 Å². The molecule has 0 aliphatic rings. The topological polar surface area (TPSA) is 58.6 Å². The van der Waals surface area contributed by atoms with Gasteiger partial charge in [-0.3, -0.25) is 0 Å². The molecule has 20 heavy (non-hydrogen) atoms. The number of amides is 1. The van der Waals surface area contributed by atoms with Gasteiger partial charge in [-0.05, 0) is 60.8 Å². The van der Waals surface area contributed by atoms with Crippen molar-refractivity contribution in [1.82, 2.24) is 5.32 Å². The molecular formula is C15H20BrNO3. The minimum Gasteiger partial charge on any atom is -0.507 e. The molecule has 0 aliphatic carbocycles. The van der Waals surface area contributed by atoms with Gasteiger partial charge in [0.25, 0.3) is 0 Å². The lowest BCUT2D eigenvalue weighted by molar-refractivity contribution is 0.0529. The van der Waals surface area contributed by atoms with Crippen molar-refractivity contribution in [3.05, 3.63) is 34.3 Å². The molecule has 2 N–H and O–H groups in total. The largest absolute Gasteiger partial charge is 0.507 e. The number of phenolic OH excluding ortho intramolecular Hbond substituents is 1. The minimum absolute atomic E-state index is 0.216. The number of carbonyl (C=O) groups excluding carboxylic acids is 1. The van der Waals surface area contributed by atoms with Crippen molar-refractivity contribution in [3.8, 4) is 5.75 Å². The molecule has 110 valence electrons. The second-order valence-corrected chi connectivity index (χ2v) is 6.18. The molecule has 0 aromatic heterocycles. The first-order valence-electron chi connectivity index (χ1n) is 6.40. The van der Waals surface area contributed by atoms with Gasteiger partial charge in [0.15, 0.2) is 0 Å². The van der Waals surface area contributed by atoms with Gasteiger partial charge < -0.3 is 15.2 Å². The Balaban J connectivity index is 2.32. The van der Waals surface area contributed by atoms with Crippen LogP contribution < -0.4 is 5.32 Å². The summed E-state index contributed by atoms with van der Waals surface area (Å²) in [7, 11) is 0. The normalized spacial score (nSPS) is 11.6. The summed E-state index contributed by atoms with van der Waals surface area (Å²) in [6.45, 7) is 6.00. The van der Waals surface area contributed by atoms with Crippen LogP contribution in [0.4, 0.5) is 4.79 Å². The Hall–Kier alpha value is -1.49. The second-order valence-electron chi connectivity index (χ2n) is 5.33. The van der Waals surface area contributed by atoms with Crippen LogP contribution in [-0.2, 0) is 4.74 Å². The first kappa shape index (κ1) is 16.6. The first-order chi connectivity index (χ1) is 9.28. The number of halogens is 1. The van der Waals surface area contributed by atoms with Crippen molar-refractivity contribution in [2.45, 2.75) is 32.8 Å². The molecule has 0 unspecified atom stereocenters. The van der Waals surface area contributed by atoms with Crippen LogP contribution >= 0.6 is 15.9 Å². The van der Waals surface area contributed by atoms with Crippen LogP contribution in [0.3, 0.4) is 0 Å². The molecule has 1 aromatic rings. The van der Waals surface area contributed by atoms with E-state index in [1.807, 2.05) is 45.1 Å². The van der Waals surface area contributed by atoms with E-state index in [0.29, 0.717) is 17.4 Å². The summed E-state index contributed by atoms with van der Waals surface area (Å²) in [6.07, 6.45) is 4.19. The molecule has 0 fully saturated rings. The molecule has 0 aliphatic heterocycles. The minimum atomic E-state index is -0.474. The van der Waals surface area contributed by atoms with Crippen molar-refractivity contribution in [2.24, 2.45) is 0 Å². The number of hydrogen-bond donors (Lipinski definition) is 2. The molecule has 1 amide bonds. The molecule has 0 saturated carbocycles. The van der Waals surface area contributed by atoms with Gasteiger partial charge in [-0.25, -0.2) is 4.79 Å². The molecule has 0 bridgehead atoms. The lowest BCUT2D eigenvalue weighted by Crippen LogP contribution is -2.32. The molecule has 1 rings (SSSR count). The van der Waals surface area contributed by atoms with E-state index in [1.54, 1.807) is 6.07 Å². The predicted octanol–water partition coefficient (Wildman–Crippen LogP) is 4.08. The van der Waals surface area contributed by atoms with E-state index in [9.17, 15) is 9.90 Å². The SMILES string of the molecule is CC(C)(C)OC(=O)NCCC=Cc1ccc(O)c(Br)c1. The van der Waals surface area contributed by atoms with E-state index in [4.69, 9.17) is 4.74 Å². The standard InChI is InChI=1S/C15H20BrNO3/c1-15(2,3)20-14(19)17-9-5-4-6-11-7-8-13(18)12(16)10-11/h4,6-8,10,18H,5,9H2,1-3H3,(H,17,19). The van der Waals surface area contributed by atoms with Gasteiger partial charge in [0.2, 0.25) is 0 Å². The van der Waals surface area contributed by atoms with Gasteiger partial charge >= 0.3 is 6.09 Å². The fourth-order valence-electron chi connectivity index (χ4n) is 1.42. The van der Waals surface area contributed by atoms with Gasteiger partial charge in [0.1, 0.15) is 11.4 Å². The van der Waals surface area contributed by atoms with Crippen LogP contribution in [0.25, 0.3) is 6.08 Å². The average Bonchev–Trinajstić information content (AvgIpc) is 2.31. The molecule has 5 heteroatoms. The van der Waals surface area contributed by atoms with Crippen LogP contribution in [-0.4, -0.2) is 23.3 Å². The Bertz CT molecular complexity index is 492. The highest BCUT2D eigenvalue weighted by molar-refractivity contribution is 9.10. The highest BCUT2D eigenvalue weighted by Crippen LogP contribution is 2.24. The number of phenols is 1. The third-order valence-electron chi connectivity index (χ3n) is 2.26. The maximum atomic E-state index is 11.4. The quantitative estimate of drug-likeness (QED) is 0.811. The van der Waals surface area contributed by atoms with Gasteiger partial charge in [-0.15, -0.1) is 0 Å². The smallest absolute Gasteiger partial charge is 0.407 e. The first-order valence-corrected chi connectivity index (χ1v) is 7.19. The fraction of sp³-hybridized carbons (Fsp3) is 0.400. The Morgan fingerprint density at radius 2 is 2.15 bits per heavy atom. The molecule has 0 atom stereocenters. The number of aromatic hydroxyl groups is 1. The van der Waals surface area contributed by atoms with Gasteiger partial charge in [-0.2, -0.15) is 0 Å². The van der Waals surface area contributed by atoms with Crippen molar-refractivity contribution in [3.63, 3.8) is 0 Å². The summed E-state index contributed by atoms with van der Waals surface area (Å²) < 4.78 is 5.78. The van der Waals surface area contributed by atoms with Gasteiger partial charge in [-0.1, -0.05) is 18.2 Å². The summed E-state index contributed by atoms with van der Waals surface area (Å²) in [4.78, 5) is 11.4. The molecule has 0 heterocycles. The molecule has 0 radical (unpaired) electrons. The van der Waals surface area contributed by atoms with Crippen LogP contribution in [0.15, 0.2) is 28.7 Å². The van der Waals surface area contributed by atoms with E-state index < -0.39 is 11.7 Å². The number of rotatable bonds is 4. The fourth-order valence-corrected chi connectivity index (χ4v) is 1.81. The van der Waals surface area contributed by atoms with E-state index in [1.165, 1.54) is 0 Å². The predicted molar refractivity (Wildman–Crippen MR) is 83.7 cm³/mol. The van der Waals surface area contributed by atoms with E-state index in [0.717, 1.165) is 5.56 Å². The second kappa shape index (κ2) is 7.33. The summed E-state index contributed by atoms with van der Waals surface area (Å²) in [5.74, 6) is 0.216. The number of alkyl carbamates (subject to hydrolysis) is 1. The lowest BCUT2D eigenvalue weighted by atomic mass is 10.2. The monoisotopic (exact) mass is 341 g/mol. The highest BCUT2D eigenvalue weighted by Gasteiger charge is 2.15. The molecule has 0 spiro atoms. The van der Waals surface area contributed by atoms with Gasteiger partial charge in [0, 0.05) is 6.54 Å². The molecule has 1 aromatic carbocycles. The summed E-state index contributed by atoms with van der Waals surface area (Å²) in [5, 5.41) is 12.1. The Kier molecular flexibility index (Phi) is 6.07. The van der Waals surface area contributed by atoms with E-state index in [2.05, 4.69) is 21.2 Å². The zero-order valence-electron chi connectivity index (χ0n) is 11.9. The number of ether oxygens (including phenoxy) is 1. The summed E-state index contributed by atoms with van der Waals surface area (Å²) in [6, 6.07) is 5.27. The van der Waals surface area contributed by atoms with Crippen LogP contribution in [0.2, 0.25) is 0 Å². The Labute approximate surface area is 128 Å². The van der Waals surface area contributed by atoms with E-state index >= 15 is 0 Å². The lowest BCUT2D eigenvalue weighted by Gasteiger charge is -2.19. The third-order valence-corrected chi connectivity index (χ3v) is 2.90. The Morgan fingerprint density at radius 1 is 1.45 bits per heavy atom. The molecular weight excluding hydrogens is 322 g/mol. The third kappa shape index (κ3) is 6.61. The number of hydrogen-bond acceptors (Lipinski definition) is 3. The van der Waals surface area contributed by atoms with Crippen molar-refractivity contribution >= 4 is 28.1 Å². The summed E-state index contributed by atoms with van der Waals surface area (Å²) in [5.41, 5.74) is 0.505. The average molecular weight is 342 g/mol. The highest BCUT2D eigenvalue weighted by atomic mass is 79.9. The van der Waals surface area contributed by atoms with Gasteiger partial charge in [0.05, 0.1) is 4.47 Å². The van der Waals surface area contributed by atoms with E-state index in [-0.39, 0.29) is 5.75 Å².